The van der Waals surface area contributed by atoms with Crippen LogP contribution in [0.25, 0.3) is 0 Å². The molecule has 0 unspecified atom stereocenters. The Bertz CT molecular complexity index is 994. The van der Waals surface area contributed by atoms with Gasteiger partial charge in [-0.15, -0.1) is 0 Å². The Morgan fingerprint density at radius 2 is 1.97 bits per heavy atom. The van der Waals surface area contributed by atoms with Gasteiger partial charge in [-0.3, -0.25) is 14.4 Å². The van der Waals surface area contributed by atoms with Gasteiger partial charge in [0, 0.05) is 35.9 Å². The molecule has 2 aromatic carbocycles. The number of carbonyl (C=O) groups is 3. The Labute approximate surface area is 191 Å². The minimum atomic E-state index is -0.642. The van der Waals surface area contributed by atoms with Gasteiger partial charge in [-0.05, 0) is 55.8 Å². The Morgan fingerprint density at radius 3 is 2.66 bits per heavy atom. The summed E-state index contributed by atoms with van der Waals surface area (Å²) in [5.41, 5.74) is 2.16. The first kappa shape index (κ1) is 23.6. The third-order valence-corrected chi connectivity index (χ3v) is 5.29. The normalized spacial score (nSPS) is 16.6. The molecule has 2 atom stereocenters. The number of halogens is 1. The Balaban J connectivity index is 1.52. The number of benzene rings is 2. The summed E-state index contributed by atoms with van der Waals surface area (Å²) in [6, 6.07) is 12.0. The van der Waals surface area contributed by atoms with Crippen LogP contribution in [0.3, 0.4) is 0 Å². The number of aryl methyl sites for hydroxylation is 1. The van der Waals surface area contributed by atoms with Gasteiger partial charge in [-0.25, -0.2) is 0 Å². The van der Waals surface area contributed by atoms with Crippen molar-refractivity contribution in [3.05, 3.63) is 53.1 Å². The molecule has 8 nitrogen and oxygen atoms in total. The van der Waals surface area contributed by atoms with Crippen LogP contribution in [0, 0.1) is 12.8 Å². The number of carbonyl (C=O) groups excluding carboxylic acids is 3. The highest BCUT2D eigenvalue weighted by Gasteiger charge is 2.35. The highest BCUT2D eigenvalue weighted by Crippen LogP contribution is 2.27. The molecule has 1 fully saturated rings. The molecular weight excluding hydrogens is 434 g/mol. The molecule has 0 bridgehead atoms. The smallest absolute Gasteiger partial charge is 0.262 e. The minimum absolute atomic E-state index is 0.118. The summed E-state index contributed by atoms with van der Waals surface area (Å²) in [6.45, 7) is 3.69. The van der Waals surface area contributed by atoms with Crippen LogP contribution in [-0.2, 0) is 14.4 Å². The number of anilines is 2. The summed E-state index contributed by atoms with van der Waals surface area (Å²) in [5, 5.41) is 15.2. The quantitative estimate of drug-likeness (QED) is 0.562. The molecule has 2 aromatic rings. The van der Waals surface area contributed by atoms with Crippen molar-refractivity contribution in [2.24, 2.45) is 5.92 Å². The number of aliphatic hydroxyl groups is 1. The van der Waals surface area contributed by atoms with Crippen molar-refractivity contribution in [3.63, 3.8) is 0 Å². The lowest BCUT2D eigenvalue weighted by Gasteiger charge is -2.17. The molecule has 1 aliphatic heterocycles. The van der Waals surface area contributed by atoms with E-state index in [0.717, 1.165) is 5.56 Å². The van der Waals surface area contributed by atoms with Crippen molar-refractivity contribution in [2.75, 3.05) is 29.9 Å². The molecule has 170 valence electrons. The van der Waals surface area contributed by atoms with Gasteiger partial charge in [0.15, 0.2) is 6.61 Å². The number of aliphatic hydroxyl groups excluding tert-OH is 1. The molecule has 0 saturated carbocycles. The predicted molar refractivity (Wildman–Crippen MR) is 122 cm³/mol. The van der Waals surface area contributed by atoms with Crippen LogP contribution in [0.1, 0.15) is 18.9 Å². The average molecular weight is 460 g/mol. The largest absolute Gasteiger partial charge is 0.484 e. The fourth-order valence-corrected chi connectivity index (χ4v) is 3.48. The van der Waals surface area contributed by atoms with E-state index in [-0.39, 0.29) is 43.8 Å². The Kier molecular flexibility index (Phi) is 7.71. The van der Waals surface area contributed by atoms with Crippen molar-refractivity contribution in [2.45, 2.75) is 26.4 Å². The van der Waals surface area contributed by atoms with Gasteiger partial charge < -0.3 is 25.4 Å². The first-order valence-corrected chi connectivity index (χ1v) is 10.7. The highest BCUT2D eigenvalue weighted by molar-refractivity contribution is 6.31. The molecule has 0 aliphatic carbocycles. The third kappa shape index (κ3) is 6.21. The summed E-state index contributed by atoms with van der Waals surface area (Å²) in [4.78, 5) is 38.3. The summed E-state index contributed by atoms with van der Waals surface area (Å²) in [7, 11) is 0. The second-order valence-corrected chi connectivity index (χ2v) is 8.23. The molecule has 9 heteroatoms. The van der Waals surface area contributed by atoms with Crippen LogP contribution in [0.5, 0.6) is 5.75 Å². The van der Waals surface area contributed by atoms with Crippen LogP contribution in [0.2, 0.25) is 5.02 Å². The van der Waals surface area contributed by atoms with Crippen molar-refractivity contribution in [3.8, 4) is 5.75 Å². The van der Waals surface area contributed by atoms with Crippen molar-refractivity contribution < 1.29 is 24.2 Å². The van der Waals surface area contributed by atoms with E-state index in [0.29, 0.717) is 22.1 Å². The molecule has 0 spiro atoms. The summed E-state index contributed by atoms with van der Waals surface area (Å²) >= 11 is 5.96. The van der Waals surface area contributed by atoms with Gasteiger partial charge >= 0.3 is 0 Å². The molecule has 1 heterocycles. The van der Waals surface area contributed by atoms with E-state index in [9.17, 15) is 19.5 Å². The lowest BCUT2D eigenvalue weighted by molar-refractivity contribution is -0.126. The monoisotopic (exact) mass is 459 g/mol. The van der Waals surface area contributed by atoms with Gasteiger partial charge in [0.25, 0.3) is 5.91 Å². The zero-order valence-corrected chi connectivity index (χ0v) is 18.7. The first-order chi connectivity index (χ1) is 15.2. The highest BCUT2D eigenvalue weighted by atomic mass is 35.5. The maximum absolute atomic E-state index is 12.4. The van der Waals surface area contributed by atoms with Crippen LogP contribution < -0.4 is 20.3 Å². The number of amides is 3. The molecule has 1 saturated heterocycles. The lowest BCUT2D eigenvalue weighted by atomic mass is 10.1. The van der Waals surface area contributed by atoms with E-state index in [1.807, 2.05) is 13.0 Å². The second kappa shape index (κ2) is 10.5. The van der Waals surface area contributed by atoms with Gasteiger partial charge in [-0.1, -0.05) is 17.7 Å². The van der Waals surface area contributed by atoms with Crippen LogP contribution in [-0.4, -0.2) is 48.6 Å². The molecule has 1 aliphatic rings. The number of nitrogens with zero attached hydrogens (tertiary/aromatic N) is 1. The third-order valence-electron chi connectivity index (χ3n) is 5.06. The van der Waals surface area contributed by atoms with E-state index in [1.54, 1.807) is 48.2 Å². The number of nitrogens with one attached hydrogen (secondary N) is 2. The number of rotatable bonds is 8. The zero-order chi connectivity index (χ0) is 23.3. The van der Waals surface area contributed by atoms with Crippen molar-refractivity contribution in [1.82, 2.24) is 5.32 Å². The number of hydrogen-bond acceptors (Lipinski definition) is 5. The maximum Gasteiger partial charge on any atom is 0.262 e. The standard InChI is InChI=1S/C23H26ClN3O5/c1-14-3-4-17(24)10-20(14)26-21(29)13-32-19-7-5-18(6-8-19)27-12-16(9-22(27)30)23(31)25-11-15(2)28/h3-8,10,15-16,28H,9,11-13H2,1-2H3,(H,25,31)(H,26,29)/t15-,16+/m0/s1. The maximum atomic E-state index is 12.4. The van der Waals surface area contributed by atoms with Gasteiger partial charge in [0.1, 0.15) is 5.75 Å². The summed E-state index contributed by atoms with van der Waals surface area (Å²) in [5.74, 6) is -0.699. The van der Waals surface area contributed by atoms with E-state index in [1.165, 1.54) is 0 Å². The minimum Gasteiger partial charge on any atom is -0.484 e. The van der Waals surface area contributed by atoms with Gasteiger partial charge in [0.05, 0.1) is 12.0 Å². The Morgan fingerprint density at radius 1 is 1.25 bits per heavy atom. The Hall–Kier alpha value is -3.10. The molecular formula is C23H26ClN3O5. The fraction of sp³-hybridized carbons (Fsp3) is 0.348. The topological polar surface area (TPSA) is 108 Å². The zero-order valence-electron chi connectivity index (χ0n) is 17.9. The van der Waals surface area contributed by atoms with E-state index in [2.05, 4.69) is 10.6 Å². The second-order valence-electron chi connectivity index (χ2n) is 7.79. The average Bonchev–Trinajstić information content (AvgIpc) is 3.15. The van der Waals surface area contributed by atoms with Crippen molar-refractivity contribution >= 4 is 40.7 Å². The molecule has 0 aromatic heterocycles. The van der Waals surface area contributed by atoms with E-state index >= 15 is 0 Å². The summed E-state index contributed by atoms with van der Waals surface area (Å²) < 4.78 is 5.53. The molecule has 3 N–H and O–H groups in total. The van der Waals surface area contributed by atoms with Crippen LogP contribution in [0.15, 0.2) is 42.5 Å². The van der Waals surface area contributed by atoms with Crippen molar-refractivity contribution in [1.29, 1.82) is 0 Å². The molecule has 3 amide bonds. The van der Waals surface area contributed by atoms with Gasteiger partial charge in [0.2, 0.25) is 11.8 Å². The molecule has 0 radical (unpaired) electrons. The number of ether oxygens (including phenoxy) is 1. The predicted octanol–water partition coefficient (Wildman–Crippen LogP) is 2.52. The van der Waals surface area contributed by atoms with Gasteiger partial charge in [-0.2, -0.15) is 0 Å². The van der Waals surface area contributed by atoms with Crippen LogP contribution in [0.4, 0.5) is 11.4 Å². The molecule has 3 rings (SSSR count). The molecule has 32 heavy (non-hydrogen) atoms. The first-order valence-electron chi connectivity index (χ1n) is 10.3. The number of hydrogen-bond donors (Lipinski definition) is 3. The fourth-order valence-electron chi connectivity index (χ4n) is 3.31. The lowest BCUT2D eigenvalue weighted by Crippen LogP contribution is -2.36. The van der Waals surface area contributed by atoms with E-state index in [4.69, 9.17) is 16.3 Å². The SMILES string of the molecule is Cc1ccc(Cl)cc1NC(=O)COc1ccc(N2C[C@H](C(=O)NC[C@H](C)O)CC2=O)cc1. The summed E-state index contributed by atoms with van der Waals surface area (Å²) in [6.07, 6.45) is -0.524. The van der Waals surface area contributed by atoms with E-state index < -0.39 is 12.0 Å². The van der Waals surface area contributed by atoms with Crippen LogP contribution >= 0.6 is 11.6 Å².